The maximum Gasteiger partial charge on any atom is 0.408 e. The number of amides is 1. The first-order valence-electron chi connectivity index (χ1n) is 12.9. The van der Waals surface area contributed by atoms with Crippen LogP contribution < -0.4 is 20.3 Å². The summed E-state index contributed by atoms with van der Waals surface area (Å²) in [6.07, 6.45) is -0.720. The maximum atomic E-state index is 13.3. The molecule has 4 rings (SSSR count). The maximum absolute atomic E-state index is 13.3. The van der Waals surface area contributed by atoms with Gasteiger partial charge in [-0.1, -0.05) is 28.9 Å². The minimum Gasteiger partial charge on any atom is -0.493 e. The summed E-state index contributed by atoms with van der Waals surface area (Å²) in [5.74, 6) is 0.0430. The summed E-state index contributed by atoms with van der Waals surface area (Å²) in [5.41, 5.74) is -0.201. The molecule has 1 amide bonds. The van der Waals surface area contributed by atoms with E-state index in [0.717, 1.165) is 10.4 Å². The lowest BCUT2D eigenvalue weighted by molar-refractivity contribution is -0.157. The molecule has 42 heavy (non-hydrogen) atoms. The van der Waals surface area contributed by atoms with Gasteiger partial charge in [0.2, 0.25) is 0 Å². The van der Waals surface area contributed by atoms with Crippen molar-refractivity contribution < 1.29 is 28.5 Å². The number of methoxy groups -OCH3 is 1. The second-order valence-electron chi connectivity index (χ2n) is 10.9. The lowest BCUT2D eigenvalue weighted by atomic mass is 10.1. The van der Waals surface area contributed by atoms with Crippen LogP contribution in [0.3, 0.4) is 0 Å². The van der Waals surface area contributed by atoms with Crippen LogP contribution in [0.2, 0.25) is 5.02 Å². The number of ether oxygens (including phenoxy) is 4. The number of nitrogens with one attached hydrogen (secondary N) is 1. The van der Waals surface area contributed by atoms with Crippen molar-refractivity contribution in [3.63, 3.8) is 0 Å². The number of carbonyl (C=O) groups excluding carboxylic acids is 2. The molecule has 0 fully saturated rings. The van der Waals surface area contributed by atoms with Crippen molar-refractivity contribution in [2.45, 2.75) is 45.8 Å². The first kappa shape index (κ1) is 30.8. The van der Waals surface area contributed by atoms with Crippen molar-refractivity contribution in [1.29, 1.82) is 0 Å². The van der Waals surface area contributed by atoms with Crippen LogP contribution in [0.25, 0.3) is 26.3 Å². The van der Waals surface area contributed by atoms with Crippen LogP contribution >= 0.6 is 22.9 Å². The normalized spacial score (nSPS) is 11.7. The zero-order chi connectivity index (χ0) is 30.7. The number of esters is 1. The second-order valence-corrected chi connectivity index (χ2v) is 12.3. The molecule has 0 saturated carbocycles. The minimum absolute atomic E-state index is 0.0186. The third-order valence-electron chi connectivity index (χ3n) is 5.60. The number of alkyl carbamates (subject to hydrolysis) is 1. The van der Waals surface area contributed by atoms with Gasteiger partial charge in [0.25, 0.3) is 5.56 Å². The van der Waals surface area contributed by atoms with Crippen molar-refractivity contribution in [2.75, 3.05) is 20.3 Å². The number of aromatic nitrogens is 3. The van der Waals surface area contributed by atoms with E-state index in [-0.39, 0.29) is 18.7 Å². The predicted octanol–water partition coefficient (Wildman–Crippen LogP) is 5.40. The molecule has 2 heterocycles. The molecule has 13 heteroatoms. The molecule has 0 unspecified atom stereocenters. The molecule has 0 atom stereocenters. The van der Waals surface area contributed by atoms with Gasteiger partial charge in [-0.15, -0.1) is 16.4 Å². The van der Waals surface area contributed by atoms with Crippen molar-refractivity contribution in [1.82, 2.24) is 20.3 Å². The first-order valence-corrected chi connectivity index (χ1v) is 14.1. The van der Waals surface area contributed by atoms with Gasteiger partial charge in [-0.3, -0.25) is 9.59 Å². The van der Waals surface area contributed by atoms with Gasteiger partial charge in [0.1, 0.15) is 34.6 Å². The molecule has 0 aliphatic heterocycles. The van der Waals surface area contributed by atoms with Crippen LogP contribution in [0.1, 0.15) is 34.6 Å². The lowest BCUT2D eigenvalue weighted by Gasteiger charge is -2.26. The summed E-state index contributed by atoms with van der Waals surface area (Å²) in [7, 11) is 1.47. The molecule has 0 spiro atoms. The summed E-state index contributed by atoms with van der Waals surface area (Å²) in [4.78, 5) is 38.2. The number of carbonyl (C=O) groups is 2. The number of fused-ring (bicyclic) bond motifs is 1. The van der Waals surface area contributed by atoms with E-state index in [1.54, 1.807) is 65.0 Å². The van der Waals surface area contributed by atoms with Crippen LogP contribution in [0.5, 0.6) is 11.5 Å². The highest BCUT2D eigenvalue weighted by molar-refractivity contribution is 7.22. The molecule has 0 bridgehead atoms. The van der Waals surface area contributed by atoms with Crippen molar-refractivity contribution in [3.8, 4) is 27.6 Å². The van der Waals surface area contributed by atoms with Gasteiger partial charge in [0, 0.05) is 16.0 Å². The highest BCUT2D eigenvalue weighted by atomic mass is 35.5. The monoisotopic (exact) mass is 614 g/mol. The van der Waals surface area contributed by atoms with Crippen LogP contribution in [-0.2, 0) is 14.3 Å². The number of hydrogen-bond acceptors (Lipinski definition) is 10. The number of nitrogens with zero attached hydrogens (tertiary/aromatic N) is 3. The number of halogens is 1. The molecular formula is C29H31ClN4O7S. The number of benzene rings is 2. The second kappa shape index (κ2) is 12.4. The van der Waals surface area contributed by atoms with Gasteiger partial charge < -0.3 is 24.3 Å². The quantitative estimate of drug-likeness (QED) is 0.246. The topological polar surface area (TPSA) is 131 Å². The Balaban J connectivity index is 1.45. The lowest BCUT2D eigenvalue weighted by Crippen LogP contribution is -2.40. The van der Waals surface area contributed by atoms with Gasteiger partial charge >= 0.3 is 12.1 Å². The summed E-state index contributed by atoms with van der Waals surface area (Å²) in [6.45, 7) is 8.12. The van der Waals surface area contributed by atoms with Gasteiger partial charge in [-0.05, 0) is 70.5 Å². The van der Waals surface area contributed by atoms with Crippen LogP contribution in [0, 0.1) is 0 Å². The summed E-state index contributed by atoms with van der Waals surface area (Å²) in [5, 5.41) is 11.3. The zero-order valence-electron chi connectivity index (χ0n) is 24.0. The average molecular weight is 615 g/mol. The SMILES string of the molecule is COc1cc(-n2nnc3cc(-c4ccc(Cl)cc4)sc3c2=O)ccc1OCC(C)(C)OC(=O)CNC(=O)OC(C)(C)C. The minimum atomic E-state index is -1.04. The number of rotatable bonds is 9. The third kappa shape index (κ3) is 7.77. The smallest absolute Gasteiger partial charge is 0.408 e. The van der Waals surface area contributed by atoms with Crippen LogP contribution in [0.4, 0.5) is 4.79 Å². The Hall–Kier alpha value is -4.16. The highest BCUT2D eigenvalue weighted by Gasteiger charge is 2.26. The van der Waals surface area contributed by atoms with Crippen molar-refractivity contribution >= 4 is 45.2 Å². The van der Waals surface area contributed by atoms with Crippen LogP contribution in [0.15, 0.2) is 53.3 Å². The van der Waals surface area contributed by atoms with E-state index >= 15 is 0 Å². The van der Waals surface area contributed by atoms with Gasteiger partial charge in [0.05, 0.1) is 12.8 Å². The molecule has 2 aromatic carbocycles. The Morgan fingerprint density at radius 2 is 1.71 bits per heavy atom. The molecule has 11 nitrogen and oxygen atoms in total. The van der Waals surface area contributed by atoms with E-state index in [1.165, 1.54) is 23.1 Å². The van der Waals surface area contributed by atoms with E-state index in [1.807, 2.05) is 18.2 Å². The number of hydrogen-bond donors (Lipinski definition) is 1. The van der Waals surface area contributed by atoms with E-state index in [4.69, 9.17) is 30.5 Å². The summed E-state index contributed by atoms with van der Waals surface area (Å²) < 4.78 is 23.6. The third-order valence-corrected chi connectivity index (χ3v) is 7.02. The molecule has 4 aromatic rings. The molecule has 0 radical (unpaired) electrons. The van der Waals surface area contributed by atoms with Crippen molar-refractivity contribution in [2.24, 2.45) is 0 Å². The van der Waals surface area contributed by atoms with Crippen molar-refractivity contribution in [3.05, 3.63) is 63.9 Å². The molecule has 2 aromatic heterocycles. The van der Waals surface area contributed by atoms with Gasteiger partial charge in [-0.2, -0.15) is 4.68 Å². The van der Waals surface area contributed by atoms with Crippen LogP contribution in [-0.4, -0.2) is 58.5 Å². The first-order chi connectivity index (χ1) is 19.7. The molecule has 0 aliphatic rings. The highest BCUT2D eigenvalue weighted by Crippen LogP contribution is 2.33. The Labute approximate surface area is 251 Å². The number of thiophene rings is 1. The van der Waals surface area contributed by atoms with Gasteiger partial charge in [0.15, 0.2) is 11.5 Å². The molecule has 0 aliphatic carbocycles. The van der Waals surface area contributed by atoms with E-state index < -0.39 is 23.3 Å². The Kier molecular flexibility index (Phi) is 9.07. The fourth-order valence-electron chi connectivity index (χ4n) is 3.75. The Morgan fingerprint density at radius 1 is 1.00 bits per heavy atom. The molecule has 1 N–H and O–H groups in total. The zero-order valence-corrected chi connectivity index (χ0v) is 25.6. The summed E-state index contributed by atoms with van der Waals surface area (Å²) >= 11 is 7.32. The summed E-state index contributed by atoms with van der Waals surface area (Å²) in [6, 6.07) is 14.0. The molecule has 0 saturated heterocycles. The van der Waals surface area contributed by atoms with E-state index in [2.05, 4.69) is 15.6 Å². The Morgan fingerprint density at radius 3 is 2.38 bits per heavy atom. The largest absolute Gasteiger partial charge is 0.493 e. The fourth-order valence-corrected chi connectivity index (χ4v) is 4.90. The standard InChI is InChI=1S/C29H31ClN4O7S/c1-28(2,3)41-27(37)31-15-24(35)40-29(4,5)16-39-21-12-11-19(13-22(21)38-6)34-26(36)25-20(32-33-34)14-23(42-25)17-7-9-18(30)10-8-17/h7-14H,15-16H2,1-6H3,(H,31,37). The predicted molar refractivity (Wildman–Crippen MR) is 160 cm³/mol. The molecule has 222 valence electrons. The molecular weight excluding hydrogens is 584 g/mol. The van der Waals surface area contributed by atoms with Gasteiger partial charge in [-0.25, -0.2) is 4.79 Å². The van der Waals surface area contributed by atoms with E-state index in [9.17, 15) is 14.4 Å². The average Bonchev–Trinajstić information content (AvgIpc) is 3.36. The van der Waals surface area contributed by atoms with E-state index in [0.29, 0.717) is 32.4 Å². The fraction of sp³-hybridized carbons (Fsp3) is 0.345. The Bertz CT molecular complexity index is 1660.